The zero-order chi connectivity index (χ0) is 16.7. The third-order valence-electron chi connectivity index (χ3n) is 3.88. The van der Waals surface area contributed by atoms with Crippen LogP contribution in [0.5, 0.6) is 0 Å². The lowest BCUT2D eigenvalue weighted by atomic mass is 10.2. The number of hydrogen-bond acceptors (Lipinski definition) is 4. The number of aromatic nitrogens is 4. The van der Waals surface area contributed by atoms with Gasteiger partial charge in [0.15, 0.2) is 10.8 Å². The largest absolute Gasteiger partial charge is 0.222 e. The molecule has 0 aliphatic carbocycles. The fourth-order valence-electron chi connectivity index (χ4n) is 2.67. The second kappa shape index (κ2) is 5.87. The smallest absolute Gasteiger partial charge is 0.192 e. The number of hydrogen-bond donors (Lipinski definition) is 0. The Morgan fingerprint density at radius 2 is 1.79 bits per heavy atom. The molecule has 2 heterocycles. The van der Waals surface area contributed by atoms with E-state index in [4.69, 9.17) is 4.98 Å². The molecule has 120 valence electrons. The SMILES string of the molecule is Cc1nc2c3ccccc3nc(SC(C)c3ccc(F)cc3)n2n1. The van der Waals surface area contributed by atoms with Gasteiger partial charge >= 0.3 is 0 Å². The van der Waals surface area contributed by atoms with E-state index in [2.05, 4.69) is 17.0 Å². The van der Waals surface area contributed by atoms with E-state index in [1.165, 1.54) is 12.1 Å². The van der Waals surface area contributed by atoms with Crippen molar-refractivity contribution < 1.29 is 4.39 Å². The Hall–Kier alpha value is -2.47. The average molecular weight is 338 g/mol. The second-order valence-corrected chi connectivity index (χ2v) is 6.93. The molecule has 4 aromatic rings. The quantitative estimate of drug-likeness (QED) is 0.405. The summed E-state index contributed by atoms with van der Waals surface area (Å²) in [7, 11) is 0. The van der Waals surface area contributed by atoms with Gasteiger partial charge in [-0.15, -0.1) is 5.10 Å². The van der Waals surface area contributed by atoms with Crippen LogP contribution in [0.3, 0.4) is 0 Å². The minimum absolute atomic E-state index is 0.118. The van der Waals surface area contributed by atoms with E-state index in [1.54, 1.807) is 28.4 Å². The summed E-state index contributed by atoms with van der Waals surface area (Å²) in [6, 6.07) is 14.5. The van der Waals surface area contributed by atoms with Crippen LogP contribution in [0.1, 0.15) is 23.6 Å². The van der Waals surface area contributed by atoms with Gasteiger partial charge in [-0.25, -0.2) is 14.4 Å². The zero-order valence-corrected chi connectivity index (χ0v) is 14.1. The molecule has 0 aliphatic rings. The fourth-order valence-corrected chi connectivity index (χ4v) is 3.66. The monoisotopic (exact) mass is 338 g/mol. The van der Waals surface area contributed by atoms with E-state index in [0.29, 0.717) is 5.82 Å². The second-order valence-electron chi connectivity index (χ2n) is 5.62. The molecule has 2 aromatic heterocycles. The molecular formula is C18H15FN4S. The highest BCUT2D eigenvalue weighted by molar-refractivity contribution is 7.99. The molecule has 0 N–H and O–H groups in total. The first kappa shape index (κ1) is 15.1. The molecule has 4 nitrogen and oxygen atoms in total. The van der Waals surface area contributed by atoms with E-state index in [0.717, 1.165) is 27.3 Å². The number of thioether (sulfide) groups is 1. The van der Waals surface area contributed by atoms with Crippen LogP contribution in [0, 0.1) is 12.7 Å². The number of para-hydroxylation sites is 1. The molecule has 0 amide bonds. The molecule has 0 bridgehead atoms. The number of nitrogens with zero attached hydrogens (tertiary/aromatic N) is 4. The van der Waals surface area contributed by atoms with Gasteiger partial charge in [-0.2, -0.15) is 4.52 Å². The maximum Gasteiger partial charge on any atom is 0.192 e. The van der Waals surface area contributed by atoms with Gasteiger partial charge in [0.05, 0.1) is 5.52 Å². The van der Waals surface area contributed by atoms with E-state index in [-0.39, 0.29) is 11.1 Å². The number of fused-ring (bicyclic) bond motifs is 3. The molecule has 0 saturated heterocycles. The van der Waals surface area contributed by atoms with Gasteiger partial charge in [-0.05, 0) is 43.7 Å². The number of benzene rings is 2. The Labute approximate surface area is 142 Å². The minimum Gasteiger partial charge on any atom is -0.222 e. The van der Waals surface area contributed by atoms with Crippen LogP contribution in [0.25, 0.3) is 16.6 Å². The van der Waals surface area contributed by atoms with Crippen molar-refractivity contribution >= 4 is 28.3 Å². The van der Waals surface area contributed by atoms with Crippen LogP contribution >= 0.6 is 11.8 Å². The lowest BCUT2D eigenvalue weighted by molar-refractivity contribution is 0.627. The fraction of sp³-hybridized carbons (Fsp3) is 0.167. The summed E-state index contributed by atoms with van der Waals surface area (Å²) >= 11 is 1.59. The molecule has 0 fully saturated rings. The Balaban J connectivity index is 1.81. The molecule has 24 heavy (non-hydrogen) atoms. The van der Waals surface area contributed by atoms with E-state index in [9.17, 15) is 4.39 Å². The lowest BCUT2D eigenvalue weighted by Gasteiger charge is -2.12. The summed E-state index contributed by atoms with van der Waals surface area (Å²) in [5.41, 5.74) is 2.75. The predicted molar refractivity (Wildman–Crippen MR) is 93.7 cm³/mol. The summed E-state index contributed by atoms with van der Waals surface area (Å²) in [5.74, 6) is 0.485. The van der Waals surface area contributed by atoms with Crippen molar-refractivity contribution in [2.24, 2.45) is 0 Å². The van der Waals surface area contributed by atoms with Crippen molar-refractivity contribution in [3.05, 3.63) is 65.7 Å². The highest BCUT2D eigenvalue weighted by atomic mass is 32.2. The molecule has 4 rings (SSSR count). The topological polar surface area (TPSA) is 43.1 Å². The number of halogens is 1. The van der Waals surface area contributed by atoms with E-state index < -0.39 is 0 Å². The summed E-state index contributed by atoms with van der Waals surface area (Å²) in [6.07, 6.45) is 0. The van der Waals surface area contributed by atoms with Gasteiger partial charge in [0, 0.05) is 10.6 Å². The standard InChI is InChI=1S/C18H15FN4S/c1-11(13-7-9-14(19)10-8-13)24-18-21-16-6-4-3-5-15(16)17-20-12(2)22-23(17)18/h3-11H,1-2H3. The Morgan fingerprint density at radius 1 is 1.04 bits per heavy atom. The van der Waals surface area contributed by atoms with Crippen molar-refractivity contribution in [3.8, 4) is 0 Å². The van der Waals surface area contributed by atoms with Gasteiger partial charge in [0.2, 0.25) is 0 Å². The Morgan fingerprint density at radius 3 is 2.58 bits per heavy atom. The van der Waals surface area contributed by atoms with Crippen molar-refractivity contribution in [2.75, 3.05) is 0 Å². The van der Waals surface area contributed by atoms with Crippen LogP contribution in [-0.4, -0.2) is 19.6 Å². The zero-order valence-electron chi connectivity index (χ0n) is 13.3. The first-order chi connectivity index (χ1) is 11.6. The van der Waals surface area contributed by atoms with Gasteiger partial charge < -0.3 is 0 Å². The van der Waals surface area contributed by atoms with Gasteiger partial charge in [0.25, 0.3) is 0 Å². The van der Waals surface area contributed by atoms with Crippen molar-refractivity contribution in [2.45, 2.75) is 24.3 Å². The normalized spacial score (nSPS) is 12.8. The van der Waals surface area contributed by atoms with Crippen molar-refractivity contribution in [1.29, 1.82) is 0 Å². The maximum absolute atomic E-state index is 13.1. The molecule has 0 radical (unpaired) electrons. The Kier molecular flexibility index (Phi) is 3.69. The predicted octanol–water partition coefficient (Wildman–Crippen LogP) is 4.58. The first-order valence-electron chi connectivity index (χ1n) is 7.66. The number of rotatable bonds is 3. The van der Waals surface area contributed by atoms with Crippen LogP contribution < -0.4 is 0 Å². The summed E-state index contributed by atoms with van der Waals surface area (Å²) in [4.78, 5) is 9.29. The van der Waals surface area contributed by atoms with E-state index >= 15 is 0 Å². The molecule has 2 aromatic carbocycles. The summed E-state index contributed by atoms with van der Waals surface area (Å²) < 4.78 is 14.9. The third kappa shape index (κ3) is 2.63. The molecule has 6 heteroatoms. The van der Waals surface area contributed by atoms with Gasteiger partial charge in [-0.3, -0.25) is 0 Å². The molecule has 0 spiro atoms. The summed E-state index contributed by atoms with van der Waals surface area (Å²) in [6.45, 7) is 3.95. The maximum atomic E-state index is 13.1. The van der Waals surface area contributed by atoms with Crippen LogP contribution in [0.4, 0.5) is 4.39 Å². The third-order valence-corrected chi connectivity index (χ3v) is 4.98. The van der Waals surface area contributed by atoms with E-state index in [1.807, 2.05) is 31.2 Å². The average Bonchev–Trinajstić information content (AvgIpc) is 2.97. The lowest BCUT2D eigenvalue weighted by Crippen LogP contribution is -2.00. The van der Waals surface area contributed by atoms with Crippen molar-refractivity contribution in [1.82, 2.24) is 19.6 Å². The van der Waals surface area contributed by atoms with Gasteiger partial charge in [-0.1, -0.05) is 36.0 Å². The minimum atomic E-state index is -0.228. The number of aryl methyl sites for hydroxylation is 1. The molecule has 0 aliphatic heterocycles. The van der Waals surface area contributed by atoms with Crippen LogP contribution in [-0.2, 0) is 0 Å². The summed E-state index contributed by atoms with van der Waals surface area (Å²) in [5, 5.41) is 6.37. The molecule has 1 unspecified atom stereocenters. The molecular weight excluding hydrogens is 323 g/mol. The first-order valence-corrected chi connectivity index (χ1v) is 8.54. The van der Waals surface area contributed by atoms with Crippen LogP contribution in [0.2, 0.25) is 0 Å². The highest BCUT2D eigenvalue weighted by Gasteiger charge is 2.16. The highest BCUT2D eigenvalue weighted by Crippen LogP contribution is 2.35. The molecule has 1 atom stereocenters. The van der Waals surface area contributed by atoms with Crippen molar-refractivity contribution in [3.63, 3.8) is 0 Å². The molecule has 0 saturated carbocycles. The Bertz CT molecular complexity index is 1030. The van der Waals surface area contributed by atoms with Gasteiger partial charge in [0.1, 0.15) is 11.6 Å². The van der Waals surface area contributed by atoms with Crippen LogP contribution in [0.15, 0.2) is 53.7 Å².